The van der Waals surface area contributed by atoms with E-state index in [0.717, 1.165) is 37.3 Å². The number of fused-ring (bicyclic) bond motifs is 3. The van der Waals surface area contributed by atoms with E-state index in [0.29, 0.717) is 0 Å². The Labute approximate surface area is 82.1 Å². The number of hydrogen-bond acceptors (Lipinski definition) is 2. The van der Waals surface area contributed by atoms with Gasteiger partial charge < -0.3 is 10.1 Å². The quantitative estimate of drug-likeness (QED) is 0.658. The highest BCUT2D eigenvalue weighted by Gasteiger charge is 2.24. The van der Waals surface area contributed by atoms with E-state index >= 15 is 0 Å². The molecule has 0 unspecified atom stereocenters. The number of rotatable bonds is 0. The Morgan fingerprint density at radius 2 is 2.14 bits per heavy atom. The van der Waals surface area contributed by atoms with Crippen molar-refractivity contribution in [2.24, 2.45) is 0 Å². The molecule has 3 nitrogen and oxygen atoms in total. The van der Waals surface area contributed by atoms with Crippen molar-refractivity contribution in [3.8, 4) is 5.75 Å². The maximum atomic E-state index is 11.5. The lowest BCUT2D eigenvalue weighted by Crippen LogP contribution is -2.32. The lowest BCUT2D eigenvalue weighted by Gasteiger charge is -2.18. The highest BCUT2D eigenvalue weighted by Crippen LogP contribution is 2.31. The standard InChI is InChI=1S/C11H11NO2/c13-11-9-1-2-10-8(4-6-14-10)7(9)3-5-12-11/h1-2H,3-6H2,(H,12,13). The van der Waals surface area contributed by atoms with Crippen LogP contribution in [0.15, 0.2) is 12.1 Å². The molecule has 72 valence electrons. The van der Waals surface area contributed by atoms with Crippen molar-refractivity contribution in [3.05, 3.63) is 28.8 Å². The first-order valence-electron chi connectivity index (χ1n) is 4.92. The summed E-state index contributed by atoms with van der Waals surface area (Å²) in [7, 11) is 0. The fourth-order valence-corrected chi connectivity index (χ4v) is 2.24. The predicted molar refractivity (Wildman–Crippen MR) is 51.7 cm³/mol. The van der Waals surface area contributed by atoms with Crippen LogP contribution in [-0.2, 0) is 12.8 Å². The third kappa shape index (κ3) is 0.953. The molecule has 0 aliphatic carbocycles. The zero-order valence-electron chi connectivity index (χ0n) is 7.80. The van der Waals surface area contributed by atoms with Crippen molar-refractivity contribution in [1.29, 1.82) is 0 Å². The molecule has 1 amide bonds. The average Bonchev–Trinajstić information content (AvgIpc) is 2.66. The minimum atomic E-state index is 0.0564. The van der Waals surface area contributed by atoms with E-state index in [1.54, 1.807) is 0 Å². The van der Waals surface area contributed by atoms with E-state index < -0.39 is 0 Å². The smallest absolute Gasteiger partial charge is 0.251 e. The van der Waals surface area contributed by atoms with Gasteiger partial charge in [0.05, 0.1) is 6.61 Å². The number of carbonyl (C=O) groups is 1. The molecule has 1 aromatic carbocycles. The first kappa shape index (κ1) is 7.85. The number of carbonyl (C=O) groups excluding carboxylic acids is 1. The van der Waals surface area contributed by atoms with E-state index in [-0.39, 0.29) is 5.91 Å². The molecular weight excluding hydrogens is 178 g/mol. The minimum absolute atomic E-state index is 0.0564. The summed E-state index contributed by atoms with van der Waals surface area (Å²) < 4.78 is 5.47. The van der Waals surface area contributed by atoms with Crippen LogP contribution in [0.1, 0.15) is 21.5 Å². The summed E-state index contributed by atoms with van der Waals surface area (Å²) in [6.45, 7) is 1.51. The molecule has 3 rings (SSSR count). The fraction of sp³-hybridized carbons (Fsp3) is 0.364. The van der Waals surface area contributed by atoms with Gasteiger partial charge in [0, 0.05) is 24.1 Å². The Balaban J connectivity index is 2.22. The van der Waals surface area contributed by atoms with Gasteiger partial charge in [0.15, 0.2) is 0 Å². The normalized spacial score (nSPS) is 18.1. The van der Waals surface area contributed by atoms with Crippen LogP contribution >= 0.6 is 0 Å². The van der Waals surface area contributed by atoms with Crippen LogP contribution in [0.4, 0.5) is 0 Å². The monoisotopic (exact) mass is 189 g/mol. The number of ether oxygens (including phenoxy) is 1. The highest BCUT2D eigenvalue weighted by molar-refractivity contribution is 5.97. The van der Waals surface area contributed by atoms with Gasteiger partial charge >= 0.3 is 0 Å². The Hall–Kier alpha value is -1.51. The Morgan fingerprint density at radius 3 is 3.07 bits per heavy atom. The second kappa shape index (κ2) is 2.74. The van der Waals surface area contributed by atoms with Crippen LogP contribution < -0.4 is 10.1 Å². The Bertz CT molecular complexity index is 412. The van der Waals surface area contributed by atoms with Crippen molar-refractivity contribution in [2.45, 2.75) is 12.8 Å². The van der Waals surface area contributed by atoms with Crippen LogP contribution in [0, 0.1) is 0 Å². The van der Waals surface area contributed by atoms with E-state index in [1.807, 2.05) is 12.1 Å². The molecule has 3 heteroatoms. The van der Waals surface area contributed by atoms with Crippen molar-refractivity contribution in [3.63, 3.8) is 0 Å². The van der Waals surface area contributed by atoms with E-state index in [2.05, 4.69) is 5.32 Å². The summed E-state index contributed by atoms with van der Waals surface area (Å²) in [5, 5.41) is 2.85. The Morgan fingerprint density at radius 1 is 1.21 bits per heavy atom. The van der Waals surface area contributed by atoms with Crippen LogP contribution in [0.25, 0.3) is 0 Å². The summed E-state index contributed by atoms with van der Waals surface area (Å²) in [6, 6.07) is 3.78. The summed E-state index contributed by atoms with van der Waals surface area (Å²) in [6.07, 6.45) is 1.89. The van der Waals surface area contributed by atoms with Gasteiger partial charge in [-0.25, -0.2) is 0 Å². The van der Waals surface area contributed by atoms with Crippen molar-refractivity contribution in [2.75, 3.05) is 13.2 Å². The van der Waals surface area contributed by atoms with Crippen LogP contribution in [0.3, 0.4) is 0 Å². The molecule has 0 saturated carbocycles. The number of hydrogen-bond donors (Lipinski definition) is 1. The molecule has 0 aromatic heterocycles. The van der Waals surface area contributed by atoms with Crippen molar-refractivity contribution in [1.82, 2.24) is 5.32 Å². The molecule has 2 heterocycles. The number of amides is 1. The molecule has 2 aliphatic rings. The van der Waals surface area contributed by atoms with Gasteiger partial charge in [-0.15, -0.1) is 0 Å². The SMILES string of the molecule is O=C1NCCc2c1ccc1c2CCO1. The zero-order valence-corrected chi connectivity index (χ0v) is 7.80. The van der Waals surface area contributed by atoms with Crippen LogP contribution in [0.5, 0.6) is 5.75 Å². The van der Waals surface area contributed by atoms with Gasteiger partial charge in [0.25, 0.3) is 5.91 Å². The molecule has 1 N–H and O–H groups in total. The largest absolute Gasteiger partial charge is 0.493 e. The first-order valence-corrected chi connectivity index (χ1v) is 4.92. The van der Waals surface area contributed by atoms with E-state index in [4.69, 9.17) is 4.74 Å². The molecule has 0 saturated heterocycles. The topological polar surface area (TPSA) is 38.3 Å². The van der Waals surface area contributed by atoms with Gasteiger partial charge in [0.1, 0.15) is 5.75 Å². The van der Waals surface area contributed by atoms with E-state index in [9.17, 15) is 4.79 Å². The molecule has 0 fully saturated rings. The van der Waals surface area contributed by atoms with Crippen LogP contribution in [0.2, 0.25) is 0 Å². The molecule has 0 spiro atoms. The van der Waals surface area contributed by atoms with Gasteiger partial charge in [-0.05, 0) is 24.1 Å². The third-order valence-electron chi connectivity index (χ3n) is 2.90. The molecule has 2 aliphatic heterocycles. The van der Waals surface area contributed by atoms with Gasteiger partial charge in [0.2, 0.25) is 0 Å². The van der Waals surface area contributed by atoms with Crippen molar-refractivity contribution >= 4 is 5.91 Å². The number of nitrogens with one attached hydrogen (secondary N) is 1. The Kier molecular flexibility index (Phi) is 1.54. The molecular formula is C11H11NO2. The molecule has 0 radical (unpaired) electrons. The zero-order chi connectivity index (χ0) is 9.54. The third-order valence-corrected chi connectivity index (χ3v) is 2.90. The number of benzene rings is 1. The second-order valence-electron chi connectivity index (χ2n) is 3.67. The molecule has 1 aromatic rings. The van der Waals surface area contributed by atoms with Crippen LogP contribution in [-0.4, -0.2) is 19.1 Å². The molecule has 0 bridgehead atoms. The van der Waals surface area contributed by atoms with Gasteiger partial charge in [-0.3, -0.25) is 4.79 Å². The first-order chi connectivity index (χ1) is 6.86. The maximum absolute atomic E-state index is 11.5. The highest BCUT2D eigenvalue weighted by atomic mass is 16.5. The molecule has 14 heavy (non-hydrogen) atoms. The second-order valence-corrected chi connectivity index (χ2v) is 3.67. The van der Waals surface area contributed by atoms with E-state index in [1.165, 1.54) is 11.1 Å². The fourth-order valence-electron chi connectivity index (χ4n) is 2.24. The summed E-state index contributed by atoms with van der Waals surface area (Å²) >= 11 is 0. The van der Waals surface area contributed by atoms with Crippen molar-refractivity contribution < 1.29 is 9.53 Å². The summed E-state index contributed by atoms with van der Waals surface area (Å²) in [5.41, 5.74) is 3.28. The summed E-state index contributed by atoms with van der Waals surface area (Å²) in [4.78, 5) is 11.5. The lowest BCUT2D eigenvalue weighted by molar-refractivity contribution is 0.0946. The predicted octanol–water partition coefficient (Wildman–Crippen LogP) is 0.907. The minimum Gasteiger partial charge on any atom is -0.493 e. The lowest BCUT2D eigenvalue weighted by atomic mass is 9.93. The maximum Gasteiger partial charge on any atom is 0.251 e. The summed E-state index contributed by atoms with van der Waals surface area (Å²) in [5.74, 6) is 1.03. The van der Waals surface area contributed by atoms with Gasteiger partial charge in [-0.2, -0.15) is 0 Å². The average molecular weight is 189 g/mol. The van der Waals surface area contributed by atoms with Gasteiger partial charge in [-0.1, -0.05) is 0 Å². The molecule has 0 atom stereocenters.